The van der Waals surface area contributed by atoms with Crippen LogP contribution >= 0.6 is 0 Å². The average molecular weight is 430 g/mol. The molecule has 32 heavy (non-hydrogen) atoms. The van der Waals surface area contributed by atoms with Crippen LogP contribution in [-0.4, -0.2) is 62.5 Å². The molecule has 164 valence electrons. The number of nitrogens with zero attached hydrogens (tertiary/aromatic N) is 5. The number of likely N-dealkylation sites (tertiary alicyclic amines) is 1. The van der Waals surface area contributed by atoms with Crippen LogP contribution in [0.3, 0.4) is 0 Å². The van der Waals surface area contributed by atoms with E-state index in [2.05, 4.69) is 19.9 Å². The first-order valence-electron chi connectivity index (χ1n) is 11.0. The van der Waals surface area contributed by atoms with Gasteiger partial charge in [-0.25, -0.2) is 0 Å². The average Bonchev–Trinajstić information content (AvgIpc) is 3.17. The summed E-state index contributed by atoms with van der Waals surface area (Å²) in [6.45, 7) is 5.60. The van der Waals surface area contributed by atoms with Crippen LogP contribution < -0.4 is 0 Å². The minimum Gasteiger partial charge on any atom is -0.361 e. The first-order valence-corrected chi connectivity index (χ1v) is 11.0. The molecule has 2 aliphatic rings. The zero-order valence-electron chi connectivity index (χ0n) is 18.2. The van der Waals surface area contributed by atoms with Crippen LogP contribution in [0.5, 0.6) is 0 Å². The topological polar surface area (TPSA) is 71.5 Å². The molecule has 2 aliphatic heterocycles. The molecule has 0 N–H and O–H groups in total. The molecule has 2 saturated heterocycles. The third kappa shape index (κ3) is 4.01. The van der Waals surface area contributed by atoms with Gasteiger partial charge in [-0.15, -0.1) is 0 Å². The van der Waals surface area contributed by atoms with Crippen LogP contribution in [0.4, 0.5) is 0 Å². The van der Waals surface area contributed by atoms with Gasteiger partial charge in [0.15, 0.2) is 5.60 Å². The van der Waals surface area contributed by atoms with Crippen molar-refractivity contribution in [2.45, 2.75) is 31.5 Å². The Labute approximate surface area is 188 Å². The number of pyridine rings is 3. The van der Waals surface area contributed by atoms with Gasteiger partial charge in [-0.3, -0.25) is 24.6 Å². The Balaban J connectivity index is 1.45. The second-order valence-corrected chi connectivity index (χ2v) is 8.60. The van der Waals surface area contributed by atoms with E-state index in [0.717, 1.165) is 29.1 Å². The maximum Gasteiger partial charge on any atom is 0.257 e. The SMILES string of the molecule is Cc1cccc(CN2C[C@@H](c3cccnc3)[C@@]3(C2)OCCN(Cc2ccncc2)C3=O)n1. The minimum absolute atomic E-state index is 0.0501. The fourth-order valence-electron chi connectivity index (χ4n) is 4.90. The zero-order chi connectivity index (χ0) is 22.0. The van der Waals surface area contributed by atoms with Crippen LogP contribution in [0.1, 0.15) is 28.4 Å². The molecule has 0 unspecified atom stereocenters. The fourth-order valence-corrected chi connectivity index (χ4v) is 4.90. The Morgan fingerprint density at radius 1 is 1.06 bits per heavy atom. The summed E-state index contributed by atoms with van der Waals surface area (Å²) in [6, 6.07) is 14.0. The third-order valence-electron chi connectivity index (χ3n) is 6.37. The highest BCUT2D eigenvalue weighted by atomic mass is 16.5. The summed E-state index contributed by atoms with van der Waals surface area (Å²) >= 11 is 0. The van der Waals surface area contributed by atoms with Crippen LogP contribution in [-0.2, 0) is 22.6 Å². The van der Waals surface area contributed by atoms with Gasteiger partial charge >= 0.3 is 0 Å². The molecule has 1 spiro atoms. The lowest BCUT2D eigenvalue weighted by Gasteiger charge is -2.42. The monoisotopic (exact) mass is 429 g/mol. The van der Waals surface area contributed by atoms with Crippen LogP contribution in [0.15, 0.2) is 67.3 Å². The zero-order valence-corrected chi connectivity index (χ0v) is 18.2. The highest BCUT2D eigenvalue weighted by Crippen LogP contribution is 2.42. The predicted octanol–water partition coefficient (Wildman–Crippen LogP) is 2.58. The van der Waals surface area contributed by atoms with Crippen molar-refractivity contribution in [1.29, 1.82) is 0 Å². The molecular formula is C25H27N5O2. The van der Waals surface area contributed by atoms with Gasteiger partial charge in [0.25, 0.3) is 5.91 Å². The molecule has 7 heteroatoms. The summed E-state index contributed by atoms with van der Waals surface area (Å²) in [4.78, 5) is 31.2. The van der Waals surface area contributed by atoms with E-state index in [-0.39, 0.29) is 11.8 Å². The predicted molar refractivity (Wildman–Crippen MR) is 120 cm³/mol. The lowest BCUT2D eigenvalue weighted by Crippen LogP contribution is -2.59. The number of hydrogen-bond acceptors (Lipinski definition) is 6. The van der Waals surface area contributed by atoms with Crippen LogP contribution in [0, 0.1) is 6.92 Å². The molecule has 0 saturated carbocycles. The number of carbonyl (C=O) groups is 1. The van der Waals surface area contributed by atoms with E-state index < -0.39 is 5.60 Å². The standard InChI is InChI=1S/C25H27N5O2/c1-19-4-2-6-22(28-19)16-29-17-23(21-5-3-9-27-14-21)25(18-29)24(31)30(12-13-32-25)15-20-7-10-26-11-8-20/h2-11,14,23H,12-13,15-18H2,1H3/t23-,25+/m0/s1. The molecule has 0 bridgehead atoms. The Morgan fingerprint density at radius 3 is 2.72 bits per heavy atom. The van der Waals surface area contributed by atoms with Crippen molar-refractivity contribution in [3.05, 3.63) is 89.8 Å². The number of hydrogen-bond donors (Lipinski definition) is 0. The number of ether oxygens (including phenoxy) is 1. The van der Waals surface area contributed by atoms with Gasteiger partial charge < -0.3 is 9.64 Å². The summed E-state index contributed by atoms with van der Waals surface area (Å²) in [7, 11) is 0. The summed E-state index contributed by atoms with van der Waals surface area (Å²) < 4.78 is 6.37. The van der Waals surface area contributed by atoms with E-state index in [4.69, 9.17) is 4.74 Å². The highest BCUT2D eigenvalue weighted by Gasteiger charge is 2.57. The van der Waals surface area contributed by atoms with Crippen molar-refractivity contribution < 1.29 is 9.53 Å². The van der Waals surface area contributed by atoms with Crippen molar-refractivity contribution in [3.8, 4) is 0 Å². The van der Waals surface area contributed by atoms with E-state index in [1.54, 1.807) is 18.6 Å². The molecule has 5 rings (SSSR count). The molecule has 3 aromatic heterocycles. The molecule has 3 aromatic rings. The normalized spacial score (nSPS) is 23.7. The molecule has 0 radical (unpaired) electrons. The number of carbonyl (C=O) groups excluding carboxylic acids is 1. The van der Waals surface area contributed by atoms with Gasteiger partial charge in [-0.1, -0.05) is 12.1 Å². The first kappa shape index (κ1) is 20.7. The second-order valence-electron chi connectivity index (χ2n) is 8.60. The summed E-state index contributed by atoms with van der Waals surface area (Å²) in [6.07, 6.45) is 7.15. The van der Waals surface area contributed by atoms with Crippen LogP contribution in [0.25, 0.3) is 0 Å². The number of morpholine rings is 1. The third-order valence-corrected chi connectivity index (χ3v) is 6.37. The van der Waals surface area contributed by atoms with E-state index in [9.17, 15) is 4.79 Å². The maximum absolute atomic E-state index is 13.9. The van der Waals surface area contributed by atoms with E-state index in [0.29, 0.717) is 32.8 Å². The second kappa shape index (κ2) is 8.76. The Hall–Kier alpha value is -3.16. The molecular weight excluding hydrogens is 402 g/mol. The van der Waals surface area contributed by atoms with E-state index in [1.165, 1.54) is 0 Å². The van der Waals surface area contributed by atoms with Crippen molar-refractivity contribution in [3.63, 3.8) is 0 Å². The highest BCUT2D eigenvalue weighted by molar-refractivity contribution is 5.88. The summed E-state index contributed by atoms with van der Waals surface area (Å²) in [5, 5.41) is 0. The quantitative estimate of drug-likeness (QED) is 0.621. The Kier molecular flexibility index (Phi) is 5.68. The number of amides is 1. The molecule has 2 atom stereocenters. The Bertz CT molecular complexity index is 1080. The summed E-state index contributed by atoms with van der Waals surface area (Å²) in [5.74, 6) is -0.0390. The molecule has 7 nitrogen and oxygen atoms in total. The van der Waals surface area contributed by atoms with Gasteiger partial charge in [0.1, 0.15) is 0 Å². The number of aromatic nitrogens is 3. The lowest BCUT2D eigenvalue weighted by molar-refractivity contribution is -0.173. The van der Waals surface area contributed by atoms with E-state index in [1.807, 2.05) is 60.5 Å². The van der Waals surface area contributed by atoms with Crippen molar-refractivity contribution in [2.75, 3.05) is 26.2 Å². The Morgan fingerprint density at radius 2 is 1.94 bits per heavy atom. The van der Waals surface area contributed by atoms with Crippen molar-refractivity contribution >= 4 is 5.91 Å². The maximum atomic E-state index is 13.9. The largest absolute Gasteiger partial charge is 0.361 e. The van der Waals surface area contributed by atoms with Crippen LogP contribution in [0.2, 0.25) is 0 Å². The van der Waals surface area contributed by atoms with Gasteiger partial charge in [-0.2, -0.15) is 0 Å². The summed E-state index contributed by atoms with van der Waals surface area (Å²) in [5.41, 5.74) is 3.18. The molecule has 5 heterocycles. The van der Waals surface area contributed by atoms with E-state index >= 15 is 0 Å². The molecule has 1 amide bonds. The van der Waals surface area contributed by atoms with Gasteiger partial charge in [0, 0.05) is 69.1 Å². The fraction of sp³-hybridized carbons (Fsp3) is 0.360. The first-order chi connectivity index (χ1) is 15.6. The molecule has 0 aliphatic carbocycles. The number of rotatable bonds is 5. The minimum atomic E-state index is -0.919. The van der Waals surface area contributed by atoms with Crippen molar-refractivity contribution in [2.24, 2.45) is 0 Å². The van der Waals surface area contributed by atoms with Gasteiger partial charge in [-0.05, 0) is 48.4 Å². The van der Waals surface area contributed by atoms with Crippen molar-refractivity contribution in [1.82, 2.24) is 24.8 Å². The number of aryl methyl sites for hydroxylation is 1. The molecule has 2 fully saturated rings. The molecule has 0 aromatic carbocycles. The van der Waals surface area contributed by atoms with Gasteiger partial charge in [0.05, 0.1) is 12.3 Å². The lowest BCUT2D eigenvalue weighted by atomic mass is 9.83. The smallest absolute Gasteiger partial charge is 0.257 e. The van der Waals surface area contributed by atoms with Gasteiger partial charge in [0.2, 0.25) is 0 Å².